The van der Waals surface area contributed by atoms with E-state index in [4.69, 9.17) is 4.74 Å². The van der Waals surface area contributed by atoms with Crippen LogP contribution in [0.1, 0.15) is 52.5 Å². The zero-order chi connectivity index (χ0) is 16.9. The van der Waals surface area contributed by atoms with Crippen LogP contribution in [0.2, 0.25) is 0 Å². The number of ether oxygens (including phenoxy) is 1. The quantitative estimate of drug-likeness (QED) is 0.749. The van der Waals surface area contributed by atoms with E-state index in [0.717, 1.165) is 12.8 Å². The highest BCUT2D eigenvalue weighted by atomic mass is 16.5. The molecule has 0 saturated heterocycles. The van der Waals surface area contributed by atoms with Gasteiger partial charge in [-0.15, -0.1) is 0 Å². The van der Waals surface area contributed by atoms with Gasteiger partial charge in [-0.25, -0.2) is 4.68 Å². The topological polar surface area (TPSA) is 85.2 Å². The highest BCUT2D eigenvalue weighted by molar-refractivity contribution is 5.92. The van der Waals surface area contributed by atoms with Crippen LogP contribution < -0.4 is 10.6 Å². The molecule has 1 amide bonds. The Hall–Kier alpha value is -1.89. The Morgan fingerprint density at radius 2 is 2.09 bits per heavy atom. The van der Waals surface area contributed by atoms with Gasteiger partial charge in [0.15, 0.2) is 0 Å². The van der Waals surface area contributed by atoms with Crippen LogP contribution in [0.4, 0.5) is 5.82 Å². The Labute approximate surface area is 136 Å². The van der Waals surface area contributed by atoms with E-state index in [1.807, 2.05) is 4.68 Å². The number of aromatic nitrogens is 2. The lowest BCUT2D eigenvalue weighted by Crippen LogP contribution is -2.50. The predicted octanol–water partition coefficient (Wildman–Crippen LogP) is 1.87. The molecule has 0 bridgehead atoms. The lowest BCUT2D eigenvalue weighted by Gasteiger charge is -2.23. The average molecular weight is 322 g/mol. The number of nitrogens with one attached hydrogen (secondary N) is 2. The zero-order valence-electron chi connectivity index (χ0n) is 14.1. The molecule has 7 heteroatoms. The summed E-state index contributed by atoms with van der Waals surface area (Å²) >= 11 is 0. The van der Waals surface area contributed by atoms with E-state index in [-0.39, 0.29) is 18.4 Å². The van der Waals surface area contributed by atoms with Gasteiger partial charge in [0.25, 0.3) is 0 Å². The fraction of sp³-hybridized carbons (Fsp3) is 0.688. The predicted molar refractivity (Wildman–Crippen MR) is 87.1 cm³/mol. The van der Waals surface area contributed by atoms with E-state index in [2.05, 4.69) is 15.7 Å². The summed E-state index contributed by atoms with van der Waals surface area (Å²) in [6.07, 6.45) is 6.29. The molecule has 128 valence electrons. The molecule has 0 aromatic carbocycles. The van der Waals surface area contributed by atoms with Crippen LogP contribution in [-0.4, -0.2) is 40.3 Å². The lowest BCUT2D eigenvalue weighted by atomic mass is 10.1. The van der Waals surface area contributed by atoms with Gasteiger partial charge in [0.2, 0.25) is 5.91 Å². The van der Waals surface area contributed by atoms with Gasteiger partial charge in [-0.2, -0.15) is 5.10 Å². The number of amides is 1. The van der Waals surface area contributed by atoms with Crippen molar-refractivity contribution in [2.24, 2.45) is 0 Å². The standard InChI is InChI=1S/C16H26N4O3/c1-4-23-15(22)16(2,3)17-11-14(21)19-13-9-10-18-20(13)12-7-5-6-8-12/h9-10,12,17H,4-8,11H2,1-3H3,(H,19,21). The first-order valence-corrected chi connectivity index (χ1v) is 8.19. The molecule has 0 spiro atoms. The van der Waals surface area contributed by atoms with Crippen LogP contribution >= 0.6 is 0 Å². The van der Waals surface area contributed by atoms with E-state index in [9.17, 15) is 9.59 Å². The summed E-state index contributed by atoms with van der Waals surface area (Å²) in [6, 6.07) is 2.16. The molecule has 1 aliphatic rings. The van der Waals surface area contributed by atoms with E-state index in [0.29, 0.717) is 18.5 Å². The lowest BCUT2D eigenvalue weighted by molar-refractivity contribution is -0.149. The Morgan fingerprint density at radius 3 is 2.74 bits per heavy atom. The van der Waals surface area contributed by atoms with Crippen molar-refractivity contribution in [1.82, 2.24) is 15.1 Å². The SMILES string of the molecule is CCOC(=O)C(C)(C)NCC(=O)Nc1ccnn1C1CCCC1. The molecule has 1 heterocycles. The molecule has 2 rings (SSSR count). The number of anilines is 1. The Morgan fingerprint density at radius 1 is 1.39 bits per heavy atom. The maximum absolute atomic E-state index is 12.1. The normalized spacial score (nSPS) is 15.6. The Bertz CT molecular complexity index is 547. The molecule has 0 atom stereocenters. The van der Waals surface area contributed by atoms with Gasteiger partial charge >= 0.3 is 5.97 Å². The number of carbonyl (C=O) groups excluding carboxylic acids is 2. The van der Waals surface area contributed by atoms with E-state index >= 15 is 0 Å². The van der Waals surface area contributed by atoms with Crippen molar-refractivity contribution in [3.8, 4) is 0 Å². The Balaban J connectivity index is 1.88. The first-order valence-electron chi connectivity index (χ1n) is 8.19. The first kappa shape index (κ1) is 17.5. The minimum atomic E-state index is -0.904. The summed E-state index contributed by atoms with van der Waals surface area (Å²) in [7, 11) is 0. The van der Waals surface area contributed by atoms with Crippen molar-refractivity contribution in [3.05, 3.63) is 12.3 Å². The largest absolute Gasteiger partial charge is 0.465 e. The highest BCUT2D eigenvalue weighted by Crippen LogP contribution is 2.31. The van der Waals surface area contributed by atoms with Crippen molar-refractivity contribution in [1.29, 1.82) is 0 Å². The second-order valence-corrected chi connectivity index (χ2v) is 6.35. The number of esters is 1. The summed E-state index contributed by atoms with van der Waals surface area (Å²) in [5.41, 5.74) is -0.904. The molecular weight excluding hydrogens is 296 g/mol. The van der Waals surface area contributed by atoms with E-state index in [1.165, 1.54) is 12.8 Å². The second-order valence-electron chi connectivity index (χ2n) is 6.35. The molecule has 2 N–H and O–H groups in total. The average Bonchev–Trinajstić information content (AvgIpc) is 3.16. The van der Waals surface area contributed by atoms with Gasteiger partial charge in [-0.1, -0.05) is 12.8 Å². The molecule has 7 nitrogen and oxygen atoms in total. The van der Waals surface area contributed by atoms with Gasteiger partial charge in [0.1, 0.15) is 11.4 Å². The summed E-state index contributed by atoms with van der Waals surface area (Å²) in [5.74, 6) is 0.128. The van der Waals surface area contributed by atoms with E-state index < -0.39 is 5.54 Å². The third kappa shape index (κ3) is 4.54. The number of carbonyl (C=O) groups is 2. The molecule has 23 heavy (non-hydrogen) atoms. The van der Waals surface area contributed by atoms with Crippen LogP contribution in [0.5, 0.6) is 0 Å². The molecule has 0 radical (unpaired) electrons. The van der Waals surface area contributed by atoms with Gasteiger partial charge in [0.05, 0.1) is 25.4 Å². The number of nitrogens with zero attached hydrogens (tertiary/aromatic N) is 2. The molecule has 0 aliphatic heterocycles. The van der Waals surface area contributed by atoms with Crippen LogP contribution in [0, 0.1) is 0 Å². The number of rotatable bonds is 7. The molecule has 1 aliphatic carbocycles. The molecule has 0 unspecified atom stereocenters. The zero-order valence-corrected chi connectivity index (χ0v) is 14.1. The third-order valence-corrected chi connectivity index (χ3v) is 4.08. The summed E-state index contributed by atoms with van der Waals surface area (Å²) in [4.78, 5) is 23.9. The van der Waals surface area contributed by atoms with Crippen LogP contribution in [0.15, 0.2) is 12.3 Å². The monoisotopic (exact) mass is 322 g/mol. The van der Waals surface area contributed by atoms with Gasteiger partial charge in [-0.05, 0) is 33.6 Å². The summed E-state index contributed by atoms with van der Waals surface area (Å²) < 4.78 is 6.87. The smallest absolute Gasteiger partial charge is 0.325 e. The Kier molecular flexibility index (Phi) is 5.76. The molecule has 1 saturated carbocycles. The number of hydrogen-bond donors (Lipinski definition) is 2. The van der Waals surface area contributed by atoms with Crippen molar-refractivity contribution in [3.63, 3.8) is 0 Å². The van der Waals surface area contributed by atoms with Crippen LogP contribution in [0.3, 0.4) is 0 Å². The minimum absolute atomic E-state index is 0.0294. The number of hydrogen-bond acceptors (Lipinski definition) is 5. The molecular formula is C16H26N4O3. The van der Waals surface area contributed by atoms with Crippen molar-refractivity contribution < 1.29 is 14.3 Å². The van der Waals surface area contributed by atoms with Crippen LogP contribution in [0.25, 0.3) is 0 Å². The maximum atomic E-state index is 12.1. The highest BCUT2D eigenvalue weighted by Gasteiger charge is 2.29. The van der Waals surface area contributed by atoms with Crippen molar-refractivity contribution in [2.75, 3.05) is 18.5 Å². The summed E-state index contributed by atoms with van der Waals surface area (Å²) in [5, 5.41) is 10.1. The molecule has 1 aromatic heterocycles. The first-order chi connectivity index (χ1) is 10.9. The van der Waals surface area contributed by atoms with Crippen LogP contribution in [-0.2, 0) is 14.3 Å². The van der Waals surface area contributed by atoms with E-state index in [1.54, 1.807) is 33.0 Å². The summed E-state index contributed by atoms with van der Waals surface area (Å²) in [6.45, 7) is 5.49. The minimum Gasteiger partial charge on any atom is -0.465 e. The third-order valence-electron chi connectivity index (χ3n) is 4.08. The molecule has 1 aromatic rings. The van der Waals surface area contributed by atoms with Gasteiger partial charge in [-0.3, -0.25) is 14.9 Å². The fourth-order valence-electron chi connectivity index (χ4n) is 2.73. The fourth-order valence-corrected chi connectivity index (χ4v) is 2.73. The van der Waals surface area contributed by atoms with Crippen molar-refractivity contribution >= 4 is 17.7 Å². The molecule has 1 fully saturated rings. The van der Waals surface area contributed by atoms with Crippen molar-refractivity contribution in [2.45, 2.75) is 58.0 Å². The second kappa shape index (κ2) is 7.59. The maximum Gasteiger partial charge on any atom is 0.325 e. The van der Waals surface area contributed by atoms with Gasteiger partial charge in [0, 0.05) is 6.07 Å². The van der Waals surface area contributed by atoms with Gasteiger partial charge < -0.3 is 10.1 Å².